The van der Waals surface area contributed by atoms with Crippen LogP contribution >= 0.6 is 0 Å². The molecular weight excluding hydrogens is 408 g/mol. The Labute approximate surface area is 182 Å². The zero-order chi connectivity index (χ0) is 22.5. The summed E-state index contributed by atoms with van der Waals surface area (Å²) < 4.78 is 0. The van der Waals surface area contributed by atoms with Crippen LogP contribution in [0, 0.1) is 0 Å². The number of hydrogen-bond acceptors (Lipinski definition) is 8. The number of pyridine rings is 4. The van der Waals surface area contributed by atoms with Crippen LogP contribution in [0.15, 0.2) is 61.1 Å². The molecule has 0 amide bonds. The number of aromatic nitrogens is 4. The first-order valence-corrected chi connectivity index (χ1v) is 9.44. The number of aldehydes is 4. The van der Waals surface area contributed by atoms with Crippen molar-refractivity contribution in [1.29, 1.82) is 0 Å². The normalized spacial score (nSPS) is 10.4. The van der Waals surface area contributed by atoms with Gasteiger partial charge in [0.15, 0.2) is 25.1 Å². The molecule has 0 spiro atoms. The van der Waals surface area contributed by atoms with Crippen LogP contribution in [-0.4, -0.2) is 45.1 Å². The molecule has 0 radical (unpaired) electrons. The summed E-state index contributed by atoms with van der Waals surface area (Å²) in [5, 5.41) is 0. The summed E-state index contributed by atoms with van der Waals surface area (Å²) in [7, 11) is 0. The zero-order valence-corrected chi connectivity index (χ0v) is 16.5. The number of hydrogen-bond donors (Lipinski definition) is 0. The van der Waals surface area contributed by atoms with Gasteiger partial charge in [-0.1, -0.05) is 6.07 Å². The molecular formula is C24H14N4O4. The average Bonchev–Trinajstić information content (AvgIpc) is 2.87. The zero-order valence-electron chi connectivity index (χ0n) is 16.5. The first-order chi connectivity index (χ1) is 15.7. The van der Waals surface area contributed by atoms with E-state index in [-0.39, 0.29) is 28.1 Å². The number of carbonyl (C=O) groups is 4. The van der Waals surface area contributed by atoms with Crippen LogP contribution in [0.25, 0.3) is 33.9 Å². The third-order valence-electron chi connectivity index (χ3n) is 4.84. The maximum absolute atomic E-state index is 11.9. The highest BCUT2D eigenvalue weighted by Gasteiger charge is 2.23. The Kier molecular flexibility index (Phi) is 5.76. The van der Waals surface area contributed by atoms with Gasteiger partial charge in [0.05, 0.1) is 33.9 Å². The fourth-order valence-electron chi connectivity index (χ4n) is 3.43. The molecule has 4 aromatic heterocycles. The first kappa shape index (κ1) is 20.5. The molecule has 0 atom stereocenters. The summed E-state index contributed by atoms with van der Waals surface area (Å²) in [5.74, 6) is 0. The van der Waals surface area contributed by atoms with Gasteiger partial charge in [-0.3, -0.25) is 34.1 Å². The van der Waals surface area contributed by atoms with E-state index in [0.717, 1.165) is 0 Å². The van der Waals surface area contributed by atoms with Gasteiger partial charge >= 0.3 is 0 Å². The minimum Gasteiger partial charge on any atom is -0.298 e. The third kappa shape index (κ3) is 3.50. The van der Waals surface area contributed by atoms with Crippen LogP contribution in [0.3, 0.4) is 0 Å². The largest absolute Gasteiger partial charge is 0.298 e. The van der Waals surface area contributed by atoms with E-state index in [1.807, 2.05) is 6.07 Å². The quantitative estimate of drug-likeness (QED) is 0.415. The lowest BCUT2D eigenvalue weighted by Gasteiger charge is -2.15. The van der Waals surface area contributed by atoms with Gasteiger partial charge in [0.1, 0.15) is 5.69 Å². The van der Waals surface area contributed by atoms with Crippen molar-refractivity contribution in [3.8, 4) is 33.9 Å². The molecule has 0 fully saturated rings. The summed E-state index contributed by atoms with van der Waals surface area (Å²) in [6.45, 7) is 0. The van der Waals surface area contributed by atoms with E-state index in [4.69, 9.17) is 0 Å². The van der Waals surface area contributed by atoms with Crippen molar-refractivity contribution in [2.45, 2.75) is 0 Å². The molecule has 4 aromatic rings. The predicted molar refractivity (Wildman–Crippen MR) is 115 cm³/mol. The lowest BCUT2D eigenvalue weighted by Crippen LogP contribution is -2.09. The summed E-state index contributed by atoms with van der Waals surface area (Å²) in [6.07, 6.45) is 6.34. The fourth-order valence-corrected chi connectivity index (χ4v) is 3.43. The highest BCUT2D eigenvalue weighted by molar-refractivity contribution is 6.06. The minimum absolute atomic E-state index is 0.0636. The van der Waals surface area contributed by atoms with Crippen LogP contribution < -0.4 is 0 Å². The maximum Gasteiger partial charge on any atom is 0.169 e. The summed E-state index contributed by atoms with van der Waals surface area (Å²) in [4.78, 5) is 64.2. The standard InChI is InChI=1S/C24H14N4O4/c29-11-17-18(12-30)21(14-32)28-23(19(17)13-31)15-5-3-9-26-22(15)16-6-4-10-27-24(16)20-7-1-2-8-25-20/h1-14H. The molecule has 0 N–H and O–H groups in total. The molecule has 8 heteroatoms. The first-order valence-electron chi connectivity index (χ1n) is 9.44. The molecule has 0 saturated carbocycles. The molecule has 0 aliphatic rings. The van der Waals surface area contributed by atoms with Gasteiger partial charge in [-0.15, -0.1) is 0 Å². The second kappa shape index (κ2) is 8.97. The van der Waals surface area contributed by atoms with E-state index in [1.165, 1.54) is 0 Å². The second-order valence-electron chi connectivity index (χ2n) is 6.57. The van der Waals surface area contributed by atoms with Gasteiger partial charge in [-0.2, -0.15) is 0 Å². The van der Waals surface area contributed by atoms with Crippen molar-refractivity contribution in [3.63, 3.8) is 0 Å². The van der Waals surface area contributed by atoms with Crippen molar-refractivity contribution in [1.82, 2.24) is 19.9 Å². The Morgan fingerprint density at radius 1 is 0.531 bits per heavy atom. The van der Waals surface area contributed by atoms with Crippen LogP contribution in [0.1, 0.15) is 41.6 Å². The van der Waals surface area contributed by atoms with Crippen molar-refractivity contribution < 1.29 is 19.2 Å². The smallest absolute Gasteiger partial charge is 0.169 e. The van der Waals surface area contributed by atoms with Gasteiger partial charge in [0.2, 0.25) is 0 Å². The number of rotatable bonds is 7. The molecule has 0 unspecified atom stereocenters. The van der Waals surface area contributed by atoms with Gasteiger partial charge in [-0.25, -0.2) is 4.98 Å². The van der Waals surface area contributed by atoms with E-state index in [2.05, 4.69) is 19.9 Å². The monoisotopic (exact) mass is 422 g/mol. The second-order valence-corrected chi connectivity index (χ2v) is 6.57. The highest BCUT2D eigenvalue weighted by atomic mass is 16.1. The van der Waals surface area contributed by atoms with Gasteiger partial charge in [-0.05, 0) is 36.4 Å². The highest BCUT2D eigenvalue weighted by Crippen LogP contribution is 2.36. The molecule has 0 aliphatic heterocycles. The van der Waals surface area contributed by atoms with Crippen LogP contribution in [-0.2, 0) is 0 Å². The molecule has 4 heterocycles. The Morgan fingerprint density at radius 2 is 1.16 bits per heavy atom. The van der Waals surface area contributed by atoms with E-state index in [0.29, 0.717) is 53.4 Å². The van der Waals surface area contributed by atoms with Crippen LogP contribution in [0.4, 0.5) is 0 Å². The SMILES string of the molecule is O=Cc1nc(-c2cccnc2-c2cccnc2-c2ccccn2)c(C=O)c(C=O)c1C=O. The number of nitrogens with zero attached hydrogens (tertiary/aromatic N) is 4. The Hall–Kier alpha value is -4.72. The predicted octanol–water partition coefficient (Wildman–Crippen LogP) is 3.52. The topological polar surface area (TPSA) is 120 Å². The van der Waals surface area contributed by atoms with Gasteiger partial charge < -0.3 is 0 Å². The Bertz CT molecular complexity index is 1350. The molecule has 4 rings (SSSR count). The molecule has 32 heavy (non-hydrogen) atoms. The third-order valence-corrected chi connectivity index (χ3v) is 4.84. The van der Waals surface area contributed by atoms with Gasteiger partial charge in [0, 0.05) is 35.3 Å². The van der Waals surface area contributed by atoms with Crippen LogP contribution in [0.2, 0.25) is 0 Å². The van der Waals surface area contributed by atoms with E-state index in [1.54, 1.807) is 55.0 Å². The van der Waals surface area contributed by atoms with Crippen molar-refractivity contribution in [2.24, 2.45) is 0 Å². The van der Waals surface area contributed by atoms with E-state index in [9.17, 15) is 19.2 Å². The summed E-state index contributed by atoms with van der Waals surface area (Å²) in [5.41, 5.74) is 1.87. The minimum atomic E-state index is -0.242. The van der Waals surface area contributed by atoms with Crippen molar-refractivity contribution in [2.75, 3.05) is 0 Å². The molecule has 0 saturated heterocycles. The summed E-state index contributed by atoms with van der Waals surface area (Å²) >= 11 is 0. The van der Waals surface area contributed by atoms with Crippen molar-refractivity contribution in [3.05, 3.63) is 83.4 Å². The molecule has 0 aromatic carbocycles. The van der Waals surface area contributed by atoms with Crippen LogP contribution in [0.5, 0.6) is 0 Å². The lowest BCUT2D eigenvalue weighted by molar-refractivity contribution is 0.107. The molecule has 154 valence electrons. The van der Waals surface area contributed by atoms with Crippen molar-refractivity contribution >= 4 is 25.1 Å². The lowest BCUT2D eigenvalue weighted by atomic mass is 9.94. The van der Waals surface area contributed by atoms with E-state index >= 15 is 0 Å². The average molecular weight is 422 g/mol. The molecule has 0 bridgehead atoms. The summed E-state index contributed by atoms with van der Waals surface area (Å²) in [6, 6.07) is 12.3. The molecule has 0 aliphatic carbocycles. The van der Waals surface area contributed by atoms with E-state index < -0.39 is 0 Å². The Balaban J connectivity index is 2.05. The fraction of sp³-hybridized carbons (Fsp3) is 0. The van der Waals surface area contributed by atoms with Gasteiger partial charge in [0.25, 0.3) is 0 Å². The number of carbonyl (C=O) groups excluding carboxylic acids is 4. The Morgan fingerprint density at radius 3 is 1.75 bits per heavy atom. The molecule has 8 nitrogen and oxygen atoms in total. The maximum atomic E-state index is 11.9.